The summed E-state index contributed by atoms with van der Waals surface area (Å²) in [6.45, 7) is 4.57. The Morgan fingerprint density at radius 3 is 2.77 bits per heavy atom. The number of aliphatic hydroxyl groups is 1. The molecule has 0 spiro atoms. The van der Waals surface area contributed by atoms with E-state index in [1.165, 1.54) is 23.4 Å². The van der Waals surface area contributed by atoms with Crippen LogP contribution in [0.25, 0.3) is 0 Å². The first-order valence-corrected chi connectivity index (χ1v) is 8.88. The second kappa shape index (κ2) is 7.27. The summed E-state index contributed by atoms with van der Waals surface area (Å²) >= 11 is 1.83. The summed E-state index contributed by atoms with van der Waals surface area (Å²) in [7, 11) is 0. The molecule has 1 unspecified atom stereocenters. The molecule has 1 aliphatic heterocycles. The van der Waals surface area contributed by atoms with Gasteiger partial charge in [-0.05, 0) is 48.4 Å². The number of nitrogens with one attached hydrogen (secondary N) is 1. The van der Waals surface area contributed by atoms with E-state index in [1.54, 1.807) is 0 Å². The molecule has 2 aromatic rings. The molecule has 1 atom stereocenters. The van der Waals surface area contributed by atoms with Crippen LogP contribution in [-0.4, -0.2) is 24.2 Å². The number of piperidine rings is 1. The minimum atomic E-state index is 0.111. The monoisotopic (exact) mass is 316 g/mol. The van der Waals surface area contributed by atoms with Gasteiger partial charge in [-0.3, -0.25) is 0 Å². The number of thiophene rings is 1. The highest BCUT2D eigenvalue weighted by Gasteiger charge is 2.21. The fraction of sp³-hybridized carbons (Fsp3) is 0.444. The Morgan fingerprint density at radius 2 is 2.09 bits per heavy atom. The van der Waals surface area contributed by atoms with Gasteiger partial charge in [0.05, 0.1) is 11.6 Å². The van der Waals surface area contributed by atoms with Crippen LogP contribution in [-0.2, 0) is 6.61 Å². The topological polar surface area (TPSA) is 35.5 Å². The van der Waals surface area contributed by atoms with Crippen LogP contribution >= 0.6 is 11.3 Å². The van der Waals surface area contributed by atoms with E-state index >= 15 is 0 Å². The van der Waals surface area contributed by atoms with E-state index in [9.17, 15) is 5.11 Å². The smallest absolute Gasteiger partial charge is 0.0908 e. The van der Waals surface area contributed by atoms with Gasteiger partial charge in [0.2, 0.25) is 0 Å². The predicted octanol–water partition coefficient (Wildman–Crippen LogP) is 3.56. The molecule has 22 heavy (non-hydrogen) atoms. The highest BCUT2D eigenvalue weighted by molar-refractivity contribution is 7.14. The second-order valence-corrected chi connectivity index (χ2v) is 6.93. The number of nitrogens with zero attached hydrogens (tertiary/aromatic N) is 1. The molecule has 1 fully saturated rings. The Kier molecular flexibility index (Phi) is 5.13. The lowest BCUT2D eigenvalue weighted by Crippen LogP contribution is -2.43. The minimum absolute atomic E-state index is 0.111. The molecule has 0 bridgehead atoms. The van der Waals surface area contributed by atoms with Crippen molar-refractivity contribution >= 4 is 16.3 Å². The number of benzene rings is 1. The van der Waals surface area contributed by atoms with Crippen LogP contribution in [0.3, 0.4) is 0 Å². The van der Waals surface area contributed by atoms with Gasteiger partial charge in [-0.2, -0.15) is 0 Å². The minimum Gasteiger partial charge on any atom is -0.392 e. The van der Waals surface area contributed by atoms with Crippen LogP contribution in [0.15, 0.2) is 41.8 Å². The maximum absolute atomic E-state index is 9.26. The summed E-state index contributed by atoms with van der Waals surface area (Å²) in [5, 5.41) is 16.5. The van der Waals surface area contributed by atoms with Crippen LogP contribution in [0, 0.1) is 0 Å². The fourth-order valence-corrected chi connectivity index (χ4v) is 3.91. The molecule has 3 nitrogen and oxygen atoms in total. The first kappa shape index (κ1) is 15.5. The first-order valence-electron chi connectivity index (χ1n) is 8.00. The highest BCUT2D eigenvalue weighted by Crippen LogP contribution is 2.26. The number of aliphatic hydroxyl groups excluding tert-OH is 1. The maximum Gasteiger partial charge on any atom is 0.0908 e. The summed E-state index contributed by atoms with van der Waals surface area (Å²) in [5.41, 5.74) is 2.24. The lowest BCUT2D eigenvalue weighted by molar-refractivity contribution is 0.281. The number of anilines is 1. The lowest BCUT2D eigenvalue weighted by atomic mass is 10.0. The van der Waals surface area contributed by atoms with Gasteiger partial charge in [-0.1, -0.05) is 24.3 Å². The average molecular weight is 316 g/mol. The van der Waals surface area contributed by atoms with Gasteiger partial charge < -0.3 is 15.3 Å². The molecule has 0 aliphatic carbocycles. The molecule has 4 heteroatoms. The van der Waals surface area contributed by atoms with E-state index in [-0.39, 0.29) is 6.61 Å². The lowest BCUT2D eigenvalue weighted by Gasteiger charge is -2.34. The zero-order valence-electron chi connectivity index (χ0n) is 13.0. The number of hydrogen-bond donors (Lipinski definition) is 2. The third-order valence-corrected chi connectivity index (χ3v) is 5.36. The van der Waals surface area contributed by atoms with Gasteiger partial charge in [0.1, 0.15) is 0 Å². The van der Waals surface area contributed by atoms with Crippen molar-refractivity contribution in [3.63, 3.8) is 0 Å². The molecule has 0 amide bonds. The van der Waals surface area contributed by atoms with Crippen molar-refractivity contribution in [1.82, 2.24) is 5.32 Å². The van der Waals surface area contributed by atoms with E-state index in [0.717, 1.165) is 18.7 Å². The SMILES string of the molecule is CC(NC1CCN(c2cccs2)CC1)c1cccc(CO)c1. The summed E-state index contributed by atoms with van der Waals surface area (Å²) < 4.78 is 0. The van der Waals surface area contributed by atoms with Crippen molar-refractivity contribution < 1.29 is 5.11 Å². The maximum atomic E-state index is 9.26. The second-order valence-electron chi connectivity index (χ2n) is 6.00. The van der Waals surface area contributed by atoms with Gasteiger partial charge in [-0.15, -0.1) is 11.3 Å². The average Bonchev–Trinajstić information content (AvgIpc) is 3.10. The van der Waals surface area contributed by atoms with Crippen LogP contribution in [0.4, 0.5) is 5.00 Å². The van der Waals surface area contributed by atoms with Crippen molar-refractivity contribution in [3.8, 4) is 0 Å². The molecule has 3 rings (SSSR count). The standard InChI is InChI=1S/C18H24N2OS/c1-14(16-5-2-4-15(12-16)13-21)19-17-7-9-20(10-8-17)18-6-3-11-22-18/h2-6,11-12,14,17,19,21H,7-10,13H2,1H3. The third kappa shape index (κ3) is 3.69. The first-order chi connectivity index (χ1) is 10.8. The van der Waals surface area contributed by atoms with Crippen molar-refractivity contribution in [1.29, 1.82) is 0 Å². The zero-order valence-corrected chi connectivity index (χ0v) is 13.9. The third-order valence-electron chi connectivity index (χ3n) is 4.43. The highest BCUT2D eigenvalue weighted by atomic mass is 32.1. The number of rotatable bonds is 5. The zero-order chi connectivity index (χ0) is 15.4. The predicted molar refractivity (Wildman–Crippen MR) is 93.5 cm³/mol. The van der Waals surface area contributed by atoms with Gasteiger partial charge in [0.15, 0.2) is 0 Å². The van der Waals surface area contributed by atoms with Gasteiger partial charge in [-0.25, -0.2) is 0 Å². The molecule has 118 valence electrons. The molecule has 1 aliphatic rings. The van der Waals surface area contributed by atoms with Crippen LogP contribution in [0.2, 0.25) is 0 Å². The largest absolute Gasteiger partial charge is 0.392 e. The van der Waals surface area contributed by atoms with Gasteiger partial charge in [0, 0.05) is 25.2 Å². The normalized spacial score (nSPS) is 17.6. The van der Waals surface area contributed by atoms with Crippen molar-refractivity contribution in [2.75, 3.05) is 18.0 Å². The summed E-state index contributed by atoms with van der Waals surface area (Å²) in [5.74, 6) is 0. The van der Waals surface area contributed by atoms with Gasteiger partial charge in [0.25, 0.3) is 0 Å². The molecule has 2 N–H and O–H groups in total. The van der Waals surface area contributed by atoms with Crippen LogP contribution < -0.4 is 10.2 Å². The Labute approximate surface area is 136 Å². The molecule has 1 aromatic carbocycles. The molecule has 0 saturated carbocycles. The van der Waals surface area contributed by atoms with Crippen LogP contribution in [0.5, 0.6) is 0 Å². The van der Waals surface area contributed by atoms with E-state index < -0.39 is 0 Å². The van der Waals surface area contributed by atoms with Crippen molar-refractivity contribution in [3.05, 3.63) is 52.9 Å². The van der Waals surface area contributed by atoms with E-state index in [1.807, 2.05) is 23.5 Å². The molecule has 0 radical (unpaired) electrons. The Morgan fingerprint density at radius 1 is 1.27 bits per heavy atom. The summed E-state index contributed by atoms with van der Waals surface area (Å²) in [4.78, 5) is 2.49. The van der Waals surface area contributed by atoms with E-state index in [2.05, 4.69) is 46.8 Å². The quantitative estimate of drug-likeness (QED) is 0.885. The fourth-order valence-electron chi connectivity index (χ4n) is 3.13. The van der Waals surface area contributed by atoms with E-state index in [4.69, 9.17) is 0 Å². The molecule has 1 aromatic heterocycles. The molecule has 1 saturated heterocycles. The van der Waals surface area contributed by atoms with E-state index in [0.29, 0.717) is 12.1 Å². The Balaban J connectivity index is 1.53. The molecule has 2 heterocycles. The van der Waals surface area contributed by atoms with Crippen LogP contribution in [0.1, 0.15) is 36.9 Å². The molecular weight excluding hydrogens is 292 g/mol. The van der Waals surface area contributed by atoms with Gasteiger partial charge >= 0.3 is 0 Å². The molecular formula is C18H24N2OS. The summed E-state index contributed by atoms with van der Waals surface area (Å²) in [6.07, 6.45) is 2.36. The Bertz CT molecular complexity index is 577. The summed E-state index contributed by atoms with van der Waals surface area (Å²) in [6, 6.07) is 13.5. The Hall–Kier alpha value is -1.36. The van der Waals surface area contributed by atoms with Crippen molar-refractivity contribution in [2.45, 2.75) is 38.5 Å². The van der Waals surface area contributed by atoms with Crippen molar-refractivity contribution in [2.24, 2.45) is 0 Å². The number of hydrogen-bond acceptors (Lipinski definition) is 4.